The number of carbonyl (C=O) groups excluding carboxylic acids is 1. The maximum Gasteiger partial charge on any atom is 0.271 e. The van der Waals surface area contributed by atoms with Gasteiger partial charge in [-0.05, 0) is 50.2 Å². The van der Waals surface area contributed by atoms with Crippen LogP contribution in [0, 0.1) is 19.7 Å². The Labute approximate surface area is 145 Å². The van der Waals surface area contributed by atoms with Crippen molar-refractivity contribution >= 4 is 12.1 Å². The maximum absolute atomic E-state index is 13.2. The highest BCUT2D eigenvalue weighted by molar-refractivity contribution is 5.95. The molecule has 0 saturated heterocycles. The maximum atomic E-state index is 13.2. The van der Waals surface area contributed by atoms with E-state index in [1.807, 2.05) is 50.2 Å². The minimum absolute atomic E-state index is 0.229. The monoisotopic (exact) mass is 335 g/mol. The fourth-order valence-corrected chi connectivity index (χ4v) is 2.75. The van der Waals surface area contributed by atoms with Crippen molar-refractivity contribution in [2.24, 2.45) is 5.10 Å². The molecule has 3 rings (SSSR count). The third-order valence-corrected chi connectivity index (χ3v) is 3.94. The molecule has 0 aliphatic carbocycles. The van der Waals surface area contributed by atoms with Crippen molar-refractivity contribution in [3.05, 3.63) is 89.0 Å². The van der Waals surface area contributed by atoms with Gasteiger partial charge >= 0.3 is 0 Å². The van der Waals surface area contributed by atoms with Crippen LogP contribution < -0.4 is 5.43 Å². The lowest BCUT2D eigenvalue weighted by Crippen LogP contribution is -2.17. The zero-order valence-corrected chi connectivity index (χ0v) is 14.0. The highest BCUT2D eigenvalue weighted by Gasteiger charge is 2.09. The van der Waals surface area contributed by atoms with Gasteiger partial charge in [0.1, 0.15) is 5.82 Å². The predicted octanol–water partition coefficient (Wildman–Crippen LogP) is 4.00. The molecule has 0 aliphatic rings. The fraction of sp³-hybridized carbons (Fsp3) is 0.100. The molecule has 0 atom stereocenters. The number of aryl methyl sites for hydroxylation is 1. The molecule has 0 aliphatic heterocycles. The van der Waals surface area contributed by atoms with E-state index in [0.717, 1.165) is 22.6 Å². The zero-order valence-electron chi connectivity index (χ0n) is 14.0. The van der Waals surface area contributed by atoms with Crippen molar-refractivity contribution in [1.29, 1.82) is 0 Å². The van der Waals surface area contributed by atoms with Crippen molar-refractivity contribution in [1.82, 2.24) is 9.99 Å². The summed E-state index contributed by atoms with van der Waals surface area (Å²) in [4.78, 5) is 12.0. The highest BCUT2D eigenvalue weighted by atomic mass is 19.1. The number of hydrogen-bond acceptors (Lipinski definition) is 2. The molecule has 0 fully saturated rings. The lowest BCUT2D eigenvalue weighted by Gasteiger charge is -2.08. The number of amides is 1. The smallest absolute Gasteiger partial charge is 0.271 e. The Morgan fingerprint density at radius 1 is 1.08 bits per heavy atom. The Morgan fingerprint density at radius 3 is 2.56 bits per heavy atom. The lowest BCUT2D eigenvalue weighted by atomic mass is 10.2. The summed E-state index contributed by atoms with van der Waals surface area (Å²) in [7, 11) is 0. The van der Waals surface area contributed by atoms with Crippen LogP contribution in [0.1, 0.15) is 27.3 Å². The summed E-state index contributed by atoms with van der Waals surface area (Å²) in [6.07, 6.45) is 1.60. The Hall–Kier alpha value is -3.21. The number of nitrogens with one attached hydrogen (secondary N) is 1. The number of benzene rings is 2. The first-order valence-corrected chi connectivity index (χ1v) is 7.89. The van der Waals surface area contributed by atoms with Crippen molar-refractivity contribution in [2.75, 3.05) is 0 Å². The quantitative estimate of drug-likeness (QED) is 0.568. The molecule has 0 spiro atoms. The SMILES string of the molecule is Cc1cc(/C=N\NC(=O)c2cccc(F)c2)c(C)n1-c1ccccc1. The van der Waals surface area contributed by atoms with Gasteiger partial charge in [-0.25, -0.2) is 9.82 Å². The molecule has 25 heavy (non-hydrogen) atoms. The molecular weight excluding hydrogens is 317 g/mol. The van der Waals surface area contributed by atoms with Crippen LogP contribution in [0.15, 0.2) is 65.8 Å². The van der Waals surface area contributed by atoms with E-state index in [9.17, 15) is 9.18 Å². The van der Waals surface area contributed by atoms with E-state index in [2.05, 4.69) is 15.1 Å². The van der Waals surface area contributed by atoms with Crippen LogP contribution in [-0.2, 0) is 0 Å². The van der Waals surface area contributed by atoms with Crippen LogP contribution in [0.2, 0.25) is 0 Å². The highest BCUT2D eigenvalue weighted by Crippen LogP contribution is 2.19. The molecule has 0 radical (unpaired) electrons. The number of nitrogens with zero attached hydrogens (tertiary/aromatic N) is 2. The first kappa shape index (κ1) is 16.6. The first-order chi connectivity index (χ1) is 12.1. The lowest BCUT2D eigenvalue weighted by molar-refractivity contribution is 0.0954. The minimum atomic E-state index is -0.456. The minimum Gasteiger partial charge on any atom is -0.318 e. The second kappa shape index (κ2) is 7.13. The van der Waals surface area contributed by atoms with E-state index in [-0.39, 0.29) is 5.56 Å². The number of halogens is 1. The van der Waals surface area contributed by atoms with Crippen molar-refractivity contribution in [2.45, 2.75) is 13.8 Å². The first-order valence-electron chi connectivity index (χ1n) is 7.89. The van der Waals surface area contributed by atoms with Gasteiger partial charge in [0.2, 0.25) is 0 Å². The van der Waals surface area contributed by atoms with Crippen LogP contribution in [0.4, 0.5) is 4.39 Å². The Kier molecular flexibility index (Phi) is 4.75. The van der Waals surface area contributed by atoms with Gasteiger partial charge < -0.3 is 4.57 Å². The number of hydrogen-bond donors (Lipinski definition) is 1. The Balaban J connectivity index is 1.77. The number of carbonyl (C=O) groups is 1. The number of hydrazone groups is 1. The Bertz CT molecular complexity index is 929. The average Bonchev–Trinajstić information content (AvgIpc) is 2.89. The second-order valence-electron chi connectivity index (χ2n) is 5.71. The topological polar surface area (TPSA) is 46.4 Å². The normalized spacial score (nSPS) is 11.0. The molecule has 1 heterocycles. The largest absolute Gasteiger partial charge is 0.318 e. The van der Waals surface area contributed by atoms with Gasteiger partial charge in [-0.3, -0.25) is 4.79 Å². The summed E-state index contributed by atoms with van der Waals surface area (Å²) in [5.41, 5.74) is 6.72. The van der Waals surface area contributed by atoms with Crippen molar-refractivity contribution < 1.29 is 9.18 Å². The van der Waals surface area contributed by atoms with E-state index >= 15 is 0 Å². The van der Waals surface area contributed by atoms with E-state index in [1.165, 1.54) is 24.3 Å². The number of rotatable bonds is 4. The summed E-state index contributed by atoms with van der Waals surface area (Å²) < 4.78 is 15.3. The van der Waals surface area contributed by atoms with Gasteiger partial charge in [-0.2, -0.15) is 5.10 Å². The third-order valence-electron chi connectivity index (χ3n) is 3.94. The molecule has 0 unspecified atom stereocenters. The second-order valence-corrected chi connectivity index (χ2v) is 5.71. The van der Waals surface area contributed by atoms with Crippen molar-refractivity contribution in [3.63, 3.8) is 0 Å². The summed E-state index contributed by atoms with van der Waals surface area (Å²) in [6.45, 7) is 4.01. The van der Waals surface area contributed by atoms with Crippen LogP contribution in [-0.4, -0.2) is 16.7 Å². The summed E-state index contributed by atoms with van der Waals surface area (Å²) in [6, 6.07) is 17.5. The van der Waals surface area contributed by atoms with Gasteiger partial charge in [0.15, 0.2) is 0 Å². The molecule has 0 bridgehead atoms. The standard InChI is InChI=1S/C20H18FN3O/c1-14-11-17(15(2)24(14)19-9-4-3-5-10-19)13-22-23-20(25)16-7-6-8-18(21)12-16/h3-13H,1-2H3,(H,23,25)/b22-13-. The molecule has 1 aromatic heterocycles. The van der Waals surface area contributed by atoms with E-state index in [1.54, 1.807) is 6.21 Å². The van der Waals surface area contributed by atoms with E-state index < -0.39 is 11.7 Å². The van der Waals surface area contributed by atoms with Gasteiger partial charge in [0.05, 0.1) is 6.21 Å². The van der Waals surface area contributed by atoms with E-state index in [4.69, 9.17) is 0 Å². The molecule has 1 amide bonds. The molecule has 4 nitrogen and oxygen atoms in total. The molecule has 0 saturated carbocycles. The van der Waals surface area contributed by atoms with Crippen LogP contribution in [0.5, 0.6) is 0 Å². The van der Waals surface area contributed by atoms with Crippen LogP contribution in [0.3, 0.4) is 0 Å². The average molecular weight is 335 g/mol. The zero-order chi connectivity index (χ0) is 17.8. The van der Waals surface area contributed by atoms with Gasteiger partial charge in [0.25, 0.3) is 5.91 Å². The third kappa shape index (κ3) is 3.66. The molecule has 5 heteroatoms. The number of aromatic nitrogens is 1. The van der Waals surface area contributed by atoms with Crippen molar-refractivity contribution in [3.8, 4) is 5.69 Å². The van der Waals surface area contributed by atoms with Crippen LogP contribution in [0.25, 0.3) is 5.69 Å². The summed E-state index contributed by atoms with van der Waals surface area (Å²) in [5, 5.41) is 4.00. The summed E-state index contributed by atoms with van der Waals surface area (Å²) in [5.74, 6) is -0.907. The Morgan fingerprint density at radius 2 is 1.84 bits per heavy atom. The van der Waals surface area contributed by atoms with Crippen LogP contribution >= 0.6 is 0 Å². The van der Waals surface area contributed by atoms with Gasteiger partial charge in [-0.15, -0.1) is 0 Å². The molecule has 2 aromatic carbocycles. The fourth-order valence-electron chi connectivity index (χ4n) is 2.75. The summed E-state index contributed by atoms with van der Waals surface area (Å²) >= 11 is 0. The van der Waals surface area contributed by atoms with E-state index in [0.29, 0.717) is 0 Å². The predicted molar refractivity (Wildman–Crippen MR) is 96.7 cm³/mol. The van der Waals surface area contributed by atoms with Gasteiger partial charge in [-0.1, -0.05) is 24.3 Å². The molecule has 3 aromatic rings. The number of para-hydroxylation sites is 1. The van der Waals surface area contributed by atoms with Gasteiger partial charge in [0, 0.05) is 28.2 Å². The molecular formula is C20H18FN3O. The molecule has 1 N–H and O–H groups in total. The molecule has 126 valence electrons.